The number of halogens is 10. The van der Waals surface area contributed by atoms with E-state index in [9.17, 15) is 47.9 Å². The van der Waals surface area contributed by atoms with Crippen LogP contribution in [0, 0.1) is 3.57 Å². The van der Waals surface area contributed by atoms with Crippen molar-refractivity contribution in [3.8, 4) is 0 Å². The fraction of sp³-hybridized carbons (Fsp3) is 0.571. The molecule has 0 saturated carbocycles. The van der Waals surface area contributed by atoms with Crippen LogP contribution in [0.15, 0.2) is 24.3 Å². The van der Waals surface area contributed by atoms with E-state index >= 15 is 0 Å². The van der Waals surface area contributed by atoms with Crippen molar-refractivity contribution < 1.29 is 50.4 Å². The van der Waals surface area contributed by atoms with Crippen LogP contribution >= 0.6 is 20.2 Å². The van der Waals surface area contributed by atoms with Crippen molar-refractivity contribution in [2.24, 2.45) is 0 Å². The van der Waals surface area contributed by atoms with Gasteiger partial charge in [0.05, 0.1) is 0 Å². The molecule has 0 radical (unpaired) electrons. The van der Waals surface area contributed by atoms with E-state index < -0.39 is 63.9 Å². The van der Waals surface area contributed by atoms with Crippen LogP contribution in [0.25, 0.3) is 0 Å². The second kappa shape index (κ2) is 7.85. The van der Waals surface area contributed by atoms with Crippen molar-refractivity contribution in [3.63, 3.8) is 0 Å². The normalized spacial score (nSPS) is 15.4. The molecule has 0 aliphatic carbocycles. The molecule has 0 heterocycles. The second-order valence-corrected chi connectivity index (χ2v) is 18.6. The summed E-state index contributed by atoms with van der Waals surface area (Å²) >= 11 is -5.66. The summed E-state index contributed by atoms with van der Waals surface area (Å²) in [6.07, 6.45) is -6.81. The van der Waals surface area contributed by atoms with E-state index in [2.05, 4.69) is 2.51 Å². The first kappa shape index (κ1) is 26.5. The Morgan fingerprint density at radius 3 is 1.55 bits per heavy atom. The fourth-order valence-electron chi connectivity index (χ4n) is 1.86. The molecular weight excluding hydrogens is 574 g/mol. The predicted molar refractivity (Wildman–Crippen MR) is 99.0 cm³/mol. The molecule has 0 fully saturated rings. The molecular formula is C14H16F9IO3SSi. The molecule has 1 aromatic carbocycles. The Hall–Kier alpha value is -0.553. The van der Waals surface area contributed by atoms with Gasteiger partial charge in [-0.3, -0.25) is 0 Å². The van der Waals surface area contributed by atoms with Crippen molar-refractivity contribution >= 4 is 43.6 Å². The molecule has 1 aromatic rings. The third kappa shape index (κ3) is 5.39. The Balaban J connectivity index is 3.62. The zero-order valence-electron chi connectivity index (χ0n) is 15.2. The summed E-state index contributed by atoms with van der Waals surface area (Å²) in [5.41, 5.74) is 0. The molecule has 0 aromatic heterocycles. The molecule has 0 aliphatic heterocycles. The first-order valence-electron chi connectivity index (χ1n) is 7.46. The first-order chi connectivity index (χ1) is 12.6. The van der Waals surface area contributed by atoms with Gasteiger partial charge in [-0.25, -0.2) is 0 Å². The van der Waals surface area contributed by atoms with Crippen LogP contribution in [0.5, 0.6) is 0 Å². The molecule has 15 heteroatoms. The molecule has 0 saturated heterocycles. The average Bonchev–Trinajstić information content (AvgIpc) is 2.49. The van der Waals surface area contributed by atoms with E-state index in [0.717, 1.165) is 12.1 Å². The Morgan fingerprint density at radius 1 is 0.828 bits per heavy atom. The van der Waals surface area contributed by atoms with E-state index in [1.807, 2.05) is 19.6 Å². The zero-order valence-corrected chi connectivity index (χ0v) is 19.2. The maximum absolute atomic E-state index is 14.4. The van der Waals surface area contributed by atoms with Gasteiger partial charge in [0.25, 0.3) is 0 Å². The van der Waals surface area contributed by atoms with Crippen molar-refractivity contribution in [1.29, 1.82) is 0 Å². The summed E-state index contributed by atoms with van der Waals surface area (Å²) in [4.78, 5) is 0. The van der Waals surface area contributed by atoms with Gasteiger partial charge in [0.1, 0.15) is 0 Å². The minimum absolute atomic E-state index is 0.198. The summed E-state index contributed by atoms with van der Waals surface area (Å²) in [6, 6.07) is 3.99. The molecule has 170 valence electrons. The summed E-state index contributed by atoms with van der Waals surface area (Å²) < 4.78 is 140. The fourth-order valence-corrected chi connectivity index (χ4v) is 9.41. The van der Waals surface area contributed by atoms with Gasteiger partial charge in [-0.1, -0.05) is 0 Å². The molecule has 0 N–H and O–H groups in total. The Labute approximate surface area is 169 Å². The first-order valence-corrected chi connectivity index (χ1v) is 15.8. The van der Waals surface area contributed by atoms with Crippen LogP contribution in [0.2, 0.25) is 19.6 Å². The quantitative estimate of drug-likeness (QED) is 0.189. The molecule has 0 atom stereocenters. The average molecular weight is 590 g/mol. The molecule has 0 bridgehead atoms. The predicted octanol–water partition coefficient (Wildman–Crippen LogP) is 5.22. The van der Waals surface area contributed by atoms with E-state index in [0.29, 0.717) is 5.19 Å². The van der Waals surface area contributed by atoms with Gasteiger partial charge in [-0.05, 0) is 0 Å². The molecule has 0 spiro atoms. The van der Waals surface area contributed by atoms with E-state index in [-0.39, 0.29) is 6.26 Å². The summed E-state index contributed by atoms with van der Waals surface area (Å²) in [5.74, 6) is -14.1. The van der Waals surface area contributed by atoms with Gasteiger partial charge in [0.15, 0.2) is 0 Å². The Morgan fingerprint density at radius 2 is 1.24 bits per heavy atom. The standard InChI is InChI=1S/C14H16F9IO3SSi/c1-28(25,26)27-24(9-5-7-10(8-6-9)29(2,3)4)14(22,23)12(17,18)11(15,16)13(19,20)21/h5-8H,1-4H3. The van der Waals surface area contributed by atoms with Crippen LogP contribution in [-0.4, -0.2) is 44.7 Å². The van der Waals surface area contributed by atoms with Crippen molar-refractivity contribution in [3.05, 3.63) is 27.8 Å². The molecule has 0 amide bonds. The summed E-state index contributed by atoms with van der Waals surface area (Å²) in [5, 5.41) is 0.618. The summed E-state index contributed by atoms with van der Waals surface area (Å²) in [6.45, 7) is 5.49. The van der Waals surface area contributed by atoms with Crippen LogP contribution in [-0.2, 0) is 12.6 Å². The molecule has 0 unspecified atom stereocenters. The minimum atomic E-state index is -7.13. The van der Waals surface area contributed by atoms with Gasteiger partial charge in [-0.15, -0.1) is 0 Å². The number of alkyl halides is 10. The Kier molecular flexibility index (Phi) is 7.17. The third-order valence-electron chi connectivity index (χ3n) is 3.41. The summed E-state index contributed by atoms with van der Waals surface area (Å²) in [7, 11) is -6.92. The number of hydrogen-bond acceptors (Lipinski definition) is 3. The van der Waals surface area contributed by atoms with Gasteiger partial charge >= 0.3 is 170 Å². The van der Waals surface area contributed by atoms with Crippen LogP contribution in [0.3, 0.4) is 0 Å². The van der Waals surface area contributed by atoms with Crippen molar-refractivity contribution in [1.82, 2.24) is 0 Å². The number of benzene rings is 1. The Bertz CT molecular complexity index is 833. The maximum atomic E-state index is 14.4. The van der Waals surface area contributed by atoms with E-state index in [1.165, 1.54) is 12.1 Å². The van der Waals surface area contributed by atoms with Gasteiger partial charge in [-0.2, -0.15) is 0 Å². The van der Waals surface area contributed by atoms with Crippen LogP contribution in [0.4, 0.5) is 39.5 Å². The molecule has 29 heavy (non-hydrogen) atoms. The SMILES string of the molecule is C[Si](C)(C)c1ccc(I(OS(C)(=O)=O)C(F)(F)C(F)(F)C(F)(F)C(F)(F)F)cc1. The topological polar surface area (TPSA) is 43.4 Å². The van der Waals surface area contributed by atoms with Gasteiger partial charge in [0, 0.05) is 0 Å². The van der Waals surface area contributed by atoms with Gasteiger partial charge < -0.3 is 0 Å². The third-order valence-corrected chi connectivity index (χ3v) is 12.6. The van der Waals surface area contributed by atoms with Crippen molar-refractivity contribution in [2.45, 2.75) is 41.6 Å². The molecule has 3 nitrogen and oxygen atoms in total. The molecule has 0 aliphatic rings. The number of rotatable bonds is 7. The zero-order chi connectivity index (χ0) is 23.3. The van der Waals surface area contributed by atoms with Crippen LogP contribution in [0.1, 0.15) is 0 Å². The number of hydrogen-bond donors (Lipinski definition) is 0. The van der Waals surface area contributed by atoms with Gasteiger partial charge in [0.2, 0.25) is 0 Å². The second-order valence-electron chi connectivity index (χ2n) is 6.92. The van der Waals surface area contributed by atoms with Crippen molar-refractivity contribution in [2.75, 3.05) is 6.26 Å². The van der Waals surface area contributed by atoms with Crippen LogP contribution < -0.4 is 5.19 Å². The monoisotopic (exact) mass is 590 g/mol. The molecule has 1 rings (SSSR count). The van der Waals surface area contributed by atoms with E-state index in [4.69, 9.17) is 0 Å². The van der Waals surface area contributed by atoms with E-state index in [1.54, 1.807) is 0 Å².